The number of anilines is 1. The Labute approximate surface area is 215 Å². The monoisotopic (exact) mass is 503 g/mol. The Kier molecular flexibility index (Phi) is 8.62. The first-order chi connectivity index (χ1) is 17.6. The van der Waals surface area contributed by atoms with Crippen molar-refractivity contribution >= 4 is 40.1 Å². The minimum atomic E-state index is -0.558. The molecule has 0 saturated carbocycles. The number of methoxy groups -OCH3 is 1. The molecular formula is C28H29N3O4S. The van der Waals surface area contributed by atoms with Gasteiger partial charge in [0.1, 0.15) is 16.7 Å². The number of carbonyl (C=O) groups is 2. The molecule has 0 bridgehead atoms. The van der Waals surface area contributed by atoms with Crippen LogP contribution in [0.2, 0.25) is 0 Å². The molecule has 0 aliphatic carbocycles. The van der Waals surface area contributed by atoms with Gasteiger partial charge in [-0.1, -0.05) is 49.0 Å². The number of nitrogens with zero attached hydrogens (tertiary/aromatic N) is 2. The number of carbonyl (C=O) groups excluding carboxylic acids is 2. The van der Waals surface area contributed by atoms with Crippen LogP contribution in [0.5, 0.6) is 11.5 Å². The summed E-state index contributed by atoms with van der Waals surface area (Å²) in [5, 5.41) is 2.90. The SMILES string of the molecule is CCCOc1ccc(NC(=O)C[C@@H]2SC(=Nc3ccc(OC)cc3)N(Cc3ccccc3)C2=O)cc1. The standard InChI is InChI=1S/C28H29N3O4S/c1-3-17-35-24-15-11-21(12-16-24)29-26(32)18-25-27(33)31(19-20-7-5-4-6-8-20)28(36-25)30-22-9-13-23(34-2)14-10-22/h4-16,25H,3,17-19H2,1-2H3,(H,29,32)/t25-/m0/s1. The molecule has 0 unspecified atom stereocenters. The number of amidine groups is 1. The maximum Gasteiger partial charge on any atom is 0.242 e. The van der Waals surface area contributed by atoms with E-state index < -0.39 is 5.25 Å². The van der Waals surface area contributed by atoms with E-state index in [0.717, 1.165) is 23.5 Å². The van der Waals surface area contributed by atoms with Crippen molar-refractivity contribution in [2.45, 2.75) is 31.6 Å². The van der Waals surface area contributed by atoms with Gasteiger partial charge in [-0.25, -0.2) is 4.99 Å². The Bertz CT molecular complexity index is 1200. The number of hydrogen-bond acceptors (Lipinski definition) is 6. The summed E-state index contributed by atoms with van der Waals surface area (Å²) in [4.78, 5) is 32.5. The molecule has 0 aromatic heterocycles. The molecule has 0 spiro atoms. The van der Waals surface area contributed by atoms with E-state index in [1.54, 1.807) is 24.1 Å². The molecule has 1 N–H and O–H groups in total. The fourth-order valence-electron chi connectivity index (χ4n) is 3.64. The summed E-state index contributed by atoms with van der Waals surface area (Å²) in [5.41, 5.74) is 2.36. The van der Waals surface area contributed by atoms with Crippen LogP contribution in [0.1, 0.15) is 25.3 Å². The topological polar surface area (TPSA) is 80.2 Å². The molecule has 1 aliphatic rings. The third kappa shape index (κ3) is 6.66. The van der Waals surface area contributed by atoms with Gasteiger partial charge in [-0.15, -0.1) is 0 Å². The van der Waals surface area contributed by atoms with Gasteiger partial charge in [0.25, 0.3) is 0 Å². The lowest BCUT2D eigenvalue weighted by Crippen LogP contribution is -2.33. The van der Waals surface area contributed by atoms with E-state index in [1.807, 2.05) is 73.7 Å². The lowest BCUT2D eigenvalue weighted by Gasteiger charge is -2.16. The van der Waals surface area contributed by atoms with Crippen LogP contribution in [-0.2, 0) is 16.1 Å². The van der Waals surface area contributed by atoms with Gasteiger partial charge in [-0.3, -0.25) is 14.5 Å². The molecule has 36 heavy (non-hydrogen) atoms. The van der Waals surface area contributed by atoms with Gasteiger partial charge in [-0.2, -0.15) is 0 Å². The maximum absolute atomic E-state index is 13.4. The zero-order valence-electron chi connectivity index (χ0n) is 20.3. The second-order valence-corrected chi connectivity index (χ2v) is 9.40. The highest BCUT2D eigenvalue weighted by Crippen LogP contribution is 2.33. The predicted molar refractivity (Wildman–Crippen MR) is 144 cm³/mol. The number of aliphatic imine (C=N–C) groups is 1. The number of amides is 2. The minimum absolute atomic E-state index is 0.0461. The van der Waals surface area contributed by atoms with E-state index in [9.17, 15) is 9.59 Å². The summed E-state index contributed by atoms with van der Waals surface area (Å²) in [6, 6.07) is 24.3. The summed E-state index contributed by atoms with van der Waals surface area (Å²) in [7, 11) is 1.61. The van der Waals surface area contributed by atoms with E-state index >= 15 is 0 Å². The molecular weight excluding hydrogens is 474 g/mol. The average molecular weight is 504 g/mol. The van der Waals surface area contributed by atoms with E-state index in [-0.39, 0.29) is 18.2 Å². The first kappa shape index (κ1) is 25.3. The van der Waals surface area contributed by atoms with E-state index in [2.05, 4.69) is 5.32 Å². The van der Waals surface area contributed by atoms with Crippen molar-refractivity contribution in [3.05, 3.63) is 84.4 Å². The zero-order valence-corrected chi connectivity index (χ0v) is 21.2. The van der Waals surface area contributed by atoms with Crippen molar-refractivity contribution in [2.75, 3.05) is 19.0 Å². The fraction of sp³-hybridized carbons (Fsp3) is 0.250. The molecule has 1 atom stereocenters. The highest BCUT2D eigenvalue weighted by atomic mass is 32.2. The Morgan fingerprint density at radius 2 is 1.69 bits per heavy atom. The maximum atomic E-state index is 13.4. The third-order valence-electron chi connectivity index (χ3n) is 5.48. The van der Waals surface area contributed by atoms with Gasteiger partial charge < -0.3 is 14.8 Å². The number of rotatable bonds is 10. The molecule has 186 valence electrons. The first-order valence-electron chi connectivity index (χ1n) is 11.8. The first-order valence-corrected chi connectivity index (χ1v) is 12.7. The molecule has 3 aromatic rings. The molecule has 4 rings (SSSR count). The molecule has 3 aromatic carbocycles. The van der Waals surface area contributed by atoms with Crippen molar-refractivity contribution in [1.82, 2.24) is 4.90 Å². The lowest BCUT2D eigenvalue weighted by molar-refractivity contribution is -0.128. The number of nitrogens with one attached hydrogen (secondary N) is 1. The molecule has 2 amide bonds. The molecule has 1 heterocycles. The largest absolute Gasteiger partial charge is 0.497 e. The summed E-state index contributed by atoms with van der Waals surface area (Å²) in [6.45, 7) is 3.08. The van der Waals surface area contributed by atoms with E-state index in [1.165, 1.54) is 11.8 Å². The van der Waals surface area contributed by atoms with Crippen molar-refractivity contribution in [3.8, 4) is 11.5 Å². The van der Waals surface area contributed by atoms with Crippen LogP contribution in [0.25, 0.3) is 0 Å². The van der Waals surface area contributed by atoms with Crippen molar-refractivity contribution in [3.63, 3.8) is 0 Å². The number of ether oxygens (including phenoxy) is 2. The second-order valence-electron chi connectivity index (χ2n) is 8.23. The quantitative estimate of drug-likeness (QED) is 0.387. The molecule has 1 aliphatic heterocycles. The van der Waals surface area contributed by atoms with Crippen molar-refractivity contribution in [2.24, 2.45) is 4.99 Å². The minimum Gasteiger partial charge on any atom is -0.497 e. The molecule has 0 radical (unpaired) electrons. The number of benzene rings is 3. The van der Waals surface area contributed by atoms with Crippen LogP contribution >= 0.6 is 11.8 Å². The average Bonchev–Trinajstić information content (AvgIpc) is 3.18. The fourth-order valence-corrected chi connectivity index (χ4v) is 4.80. The highest BCUT2D eigenvalue weighted by molar-refractivity contribution is 8.15. The normalized spacial score (nSPS) is 16.3. The number of thioether (sulfide) groups is 1. The molecule has 8 heteroatoms. The summed E-state index contributed by atoms with van der Waals surface area (Å²) in [5.74, 6) is 1.13. The Hall–Kier alpha value is -3.78. The van der Waals surface area contributed by atoms with Crippen LogP contribution in [0.4, 0.5) is 11.4 Å². The van der Waals surface area contributed by atoms with Gasteiger partial charge >= 0.3 is 0 Å². The van der Waals surface area contributed by atoms with Gasteiger partial charge in [0, 0.05) is 12.1 Å². The van der Waals surface area contributed by atoms with Gasteiger partial charge in [0.15, 0.2) is 5.17 Å². The van der Waals surface area contributed by atoms with Gasteiger partial charge in [-0.05, 0) is 60.5 Å². The second kappa shape index (κ2) is 12.3. The lowest BCUT2D eigenvalue weighted by atomic mass is 10.2. The zero-order chi connectivity index (χ0) is 25.3. The molecule has 1 fully saturated rings. The van der Waals surface area contributed by atoms with Crippen LogP contribution in [0, 0.1) is 0 Å². The van der Waals surface area contributed by atoms with Crippen LogP contribution in [-0.4, -0.2) is 40.8 Å². The summed E-state index contributed by atoms with van der Waals surface area (Å²) < 4.78 is 10.8. The smallest absolute Gasteiger partial charge is 0.242 e. The summed E-state index contributed by atoms with van der Waals surface area (Å²) in [6.07, 6.45) is 0.973. The van der Waals surface area contributed by atoms with Gasteiger partial charge in [0.2, 0.25) is 11.8 Å². The van der Waals surface area contributed by atoms with Crippen molar-refractivity contribution < 1.29 is 19.1 Å². The van der Waals surface area contributed by atoms with Crippen LogP contribution in [0.15, 0.2) is 83.9 Å². The molecule has 1 saturated heterocycles. The third-order valence-corrected chi connectivity index (χ3v) is 6.66. The Balaban J connectivity index is 1.47. The van der Waals surface area contributed by atoms with Crippen molar-refractivity contribution in [1.29, 1.82) is 0 Å². The predicted octanol–water partition coefficient (Wildman–Crippen LogP) is 5.64. The van der Waals surface area contributed by atoms with Gasteiger partial charge in [0.05, 0.1) is 25.9 Å². The van der Waals surface area contributed by atoms with Crippen LogP contribution < -0.4 is 14.8 Å². The highest BCUT2D eigenvalue weighted by Gasteiger charge is 2.39. The molecule has 7 nitrogen and oxygen atoms in total. The van der Waals surface area contributed by atoms with Crippen LogP contribution in [0.3, 0.4) is 0 Å². The van der Waals surface area contributed by atoms with E-state index in [4.69, 9.17) is 14.5 Å². The summed E-state index contributed by atoms with van der Waals surface area (Å²) >= 11 is 1.32. The number of hydrogen-bond donors (Lipinski definition) is 1. The van der Waals surface area contributed by atoms with E-state index in [0.29, 0.717) is 29.7 Å². The Morgan fingerprint density at radius 3 is 2.36 bits per heavy atom. The Morgan fingerprint density at radius 1 is 1.00 bits per heavy atom.